The molecule has 180 valence electrons. The van der Waals surface area contributed by atoms with Gasteiger partial charge in [-0.1, -0.05) is 48.5 Å². The summed E-state index contributed by atoms with van der Waals surface area (Å²) in [4.78, 5) is 36.9. The van der Waals surface area contributed by atoms with Gasteiger partial charge in [-0.2, -0.15) is 0 Å². The van der Waals surface area contributed by atoms with Crippen LogP contribution in [0.4, 0.5) is 4.79 Å². The number of fused-ring (bicyclic) bond motifs is 3. The fourth-order valence-corrected chi connectivity index (χ4v) is 4.79. The van der Waals surface area contributed by atoms with Crippen LogP contribution in [0.2, 0.25) is 0 Å². The Labute approximate surface area is 202 Å². The lowest BCUT2D eigenvalue weighted by atomic mass is 9.94. The van der Waals surface area contributed by atoms with Crippen LogP contribution in [-0.4, -0.2) is 35.2 Å². The van der Waals surface area contributed by atoms with E-state index in [9.17, 15) is 14.4 Å². The van der Waals surface area contributed by atoms with Crippen LogP contribution in [0.3, 0.4) is 0 Å². The Hall–Kier alpha value is -4.07. The highest BCUT2D eigenvalue weighted by Crippen LogP contribution is 2.44. The maximum absolute atomic E-state index is 13.0. The van der Waals surface area contributed by atoms with Crippen LogP contribution < -0.4 is 10.6 Å². The largest absolute Gasteiger partial charge is 0.475 e. The number of amides is 2. The van der Waals surface area contributed by atoms with E-state index in [4.69, 9.17) is 14.3 Å². The van der Waals surface area contributed by atoms with Crippen molar-refractivity contribution < 1.29 is 28.6 Å². The van der Waals surface area contributed by atoms with E-state index in [0.717, 1.165) is 35.1 Å². The lowest BCUT2D eigenvalue weighted by Gasteiger charge is -2.29. The third kappa shape index (κ3) is 4.39. The van der Waals surface area contributed by atoms with Gasteiger partial charge in [-0.05, 0) is 60.1 Å². The standard InChI is InChI=1S/C27H26N2O6/c1-27(16-10-11-16,25(32)28-14-17-12-13-23(35-17)24(30)31)29-26(33)34-15-22-20-8-4-2-6-18(20)19-7-3-5-9-21(19)22/h2-9,12-13,16,22H,10-11,14-15H2,1H3,(H,28,32)(H,29,33)(H,30,31). The monoisotopic (exact) mass is 474 g/mol. The quantitative estimate of drug-likeness (QED) is 0.448. The van der Waals surface area contributed by atoms with Gasteiger partial charge in [-0.3, -0.25) is 4.79 Å². The van der Waals surface area contributed by atoms with Crippen molar-refractivity contribution in [2.75, 3.05) is 6.61 Å². The molecule has 0 radical (unpaired) electrons. The summed E-state index contributed by atoms with van der Waals surface area (Å²) in [6.45, 7) is 1.86. The molecule has 5 rings (SSSR count). The number of benzene rings is 2. The van der Waals surface area contributed by atoms with Crippen LogP contribution in [0.15, 0.2) is 65.1 Å². The van der Waals surface area contributed by atoms with Crippen LogP contribution >= 0.6 is 0 Å². The second-order valence-corrected chi connectivity index (χ2v) is 9.18. The molecule has 0 saturated heterocycles. The third-order valence-electron chi connectivity index (χ3n) is 6.87. The fraction of sp³-hybridized carbons (Fsp3) is 0.296. The van der Waals surface area contributed by atoms with Crippen molar-refractivity contribution in [3.05, 3.63) is 83.3 Å². The average molecular weight is 475 g/mol. The van der Waals surface area contributed by atoms with Crippen molar-refractivity contribution >= 4 is 18.0 Å². The summed E-state index contributed by atoms with van der Waals surface area (Å²) in [6.07, 6.45) is 0.984. The Morgan fingerprint density at radius 1 is 1.00 bits per heavy atom. The number of hydrogen-bond acceptors (Lipinski definition) is 5. The van der Waals surface area contributed by atoms with Crippen molar-refractivity contribution in [3.8, 4) is 11.1 Å². The van der Waals surface area contributed by atoms with Crippen molar-refractivity contribution in [1.29, 1.82) is 0 Å². The maximum atomic E-state index is 13.0. The topological polar surface area (TPSA) is 118 Å². The van der Waals surface area contributed by atoms with Gasteiger partial charge in [-0.25, -0.2) is 9.59 Å². The zero-order chi connectivity index (χ0) is 24.6. The molecule has 1 atom stereocenters. The lowest BCUT2D eigenvalue weighted by Crippen LogP contribution is -2.58. The minimum Gasteiger partial charge on any atom is -0.475 e. The Balaban J connectivity index is 1.23. The number of rotatable bonds is 8. The van der Waals surface area contributed by atoms with E-state index in [2.05, 4.69) is 22.8 Å². The summed E-state index contributed by atoms with van der Waals surface area (Å²) in [5.41, 5.74) is 3.36. The predicted octanol–water partition coefficient (Wildman–Crippen LogP) is 4.30. The molecule has 2 aromatic carbocycles. The van der Waals surface area contributed by atoms with Crippen molar-refractivity contribution in [1.82, 2.24) is 10.6 Å². The molecule has 35 heavy (non-hydrogen) atoms. The van der Waals surface area contributed by atoms with Crippen LogP contribution in [0, 0.1) is 5.92 Å². The predicted molar refractivity (Wildman–Crippen MR) is 127 cm³/mol. The average Bonchev–Trinajstić information content (AvgIpc) is 3.53. The number of carbonyl (C=O) groups is 3. The van der Waals surface area contributed by atoms with Gasteiger partial charge < -0.3 is 24.9 Å². The zero-order valence-corrected chi connectivity index (χ0v) is 19.2. The molecule has 1 unspecified atom stereocenters. The van der Waals surface area contributed by atoms with Gasteiger partial charge in [0, 0.05) is 5.92 Å². The molecule has 1 aromatic heterocycles. The van der Waals surface area contributed by atoms with Crippen LogP contribution in [-0.2, 0) is 16.1 Å². The number of aromatic carboxylic acids is 1. The van der Waals surface area contributed by atoms with E-state index in [-0.39, 0.29) is 36.7 Å². The van der Waals surface area contributed by atoms with E-state index in [1.54, 1.807) is 6.92 Å². The molecule has 0 bridgehead atoms. The first-order chi connectivity index (χ1) is 16.9. The van der Waals surface area contributed by atoms with Crippen molar-refractivity contribution in [2.45, 2.75) is 37.8 Å². The highest BCUT2D eigenvalue weighted by atomic mass is 16.5. The number of furan rings is 1. The van der Waals surface area contributed by atoms with Crippen LogP contribution in [0.1, 0.15) is 53.1 Å². The number of carbonyl (C=O) groups excluding carboxylic acids is 2. The van der Waals surface area contributed by atoms with E-state index in [0.29, 0.717) is 5.76 Å². The molecule has 1 saturated carbocycles. The molecule has 8 heteroatoms. The Kier molecular flexibility index (Phi) is 5.80. The van der Waals surface area contributed by atoms with Gasteiger partial charge >= 0.3 is 12.1 Å². The van der Waals surface area contributed by atoms with E-state index >= 15 is 0 Å². The first-order valence-electron chi connectivity index (χ1n) is 11.6. The first kappa shape index (κ1) is 22.7. The van der Waals surface area contributed by atoms with Gasteiger partial charge in [0.25, 0.3) is 0 Å². The molecule has 1 heterocycles. The SMILES string of the molecule is CC(NC(=O)OCC1c2ccccc2-c2ccccc21)(C(=O)NCc1ccc(C(=O)O)o1)C1CC1. The van der Waals surface area contributed by atoms with Gasteiger partial charge in [0.15, 0.2) is 0 Å². The summed E-state index contributed by atoms with van der Waals surface area (Å²) >= 11 is 0. The second-order valence-electron chi connectivity index (χ2n) is 9.18. The number of nitrogens with one attached hydrogen (secondary N) is 2. The summed E-state index contributed by atoms with van der Waals surface area (Å²) < 4.78 is 10.8. The molecule has 1 fully saturated rings. The summed E-state index contributed by atoms with van der Waals surface area (Å²) in [7, 11) is 0. The highest BCUT2D eigenvalue weighted by Gasteiger charge is 2.48. The Morgan fingerprint density at radius 2 is 1.63 bits per heavy atom. The fourth-order valence-electron chi connectivity index (χ4n) is 4.79. The molecule has 2 aliphatic carbocycles. The number of alkyl carbamates (subject to hydrolysis) is 1. The number of carboxylic acid groups (broad SMARTS) is 1. The molecule has 0 spiro atoms. The van der Waals surface area contributed by atoms with Gasteiger partial charge in [-0.15, -0.1) is 0 Å². The van der Waals surface area contributed by atoms with Gasteiger partial charge in [0.2, 0.25) is 11.7 Å². The normalized spacial score (nSPS) is 16.0. The molecular formula is C27H26N2O6. The Morgan fingerprint density at radius 3 is 2.20 bits per heavy atom. The molecule has 3 aromatic rings. The summed E-state index contributed by atoms with van der Waals surface area (Å²) in [5.74, 6) is -1.51. The smallest absolute Gasteiger partial charge is 0.408 e. The third-order valence-corrected chi connectivity index (χ3v) is 6.87. The van der Waals surface area contributed by atoms with Gasteiger partial charge in [0.1, 0.15) is 17.9 Å². The summed E-state index contributed by atoms with van der Waals surface area (Å²) in [5, 5.41) is 14.5. The molecular weight excluding hydrogens is 448 g/mol. The van der Waals surface area contributed by atoms with Crippen LogP contribution in [0.25, 0.3) is 11.1 Å². The molecule has 0 aliphatic heterocycles. The minimum atomic E-state index is -1.18. The number of carboxylic acids is 1. The Bertz CT molecular complexity index is 1250. The van der Waals surface area contributed by atoms with Crippen molar-refractivity contribution in [3.63, 3.8) is 0 Å². The highest BCUT2D eigenvalue weighted by molar-refractivity contribution is 5.90. The summed E-state index contributed by atoms with van der Waals surface area (Å²) in [6, 6.07) is 19.0. The number of hydrogen-bond donors (Lipinski definition) is 3. The van der Waals surface area contributed by atoms with Crippen molar-refractivity contribution in [2.24, 2.45) is 5.92 Å². The molecule has 2 amide bonds. The molecule has 3 N–H and O–H groups in total. The van der Waals surface area contributed by atoms with E-state index in [1.165, 1.54) is 12.1 Å². The zero-order valence-electron chi connectivity index (χ0n) is 19.2. The first-order valence-corrected chi connectivity index (χ1v) is 11.6. The maximum Gasteiger partial charge on any atom is 0.408 e. The molecule has 2 aliphatic rings. The van der Waals surface area contributed by atoms with Gasteiger partial charge in [0.05, 0.1) is 6.54 Å². The molecule has 8 nitrogen and oxygen atoms in total. The minimum absolute atomic E-state index is 0.00540. The lowest BCUT2D eigenvalue weighted by molar-refractivity contribution is -0.128. The van der Waals surface area contributed by atoms with Crippen LogP contribution in [0.5, 0.6) is 0 Å². The van der Waals surface area contributed by atoms with E-state index in [1.807, 2.05) is 36.4 Å². The second kappa shape index (κ2) is 8.94. The number of ether oxygens (including phenoxy) is 1. The van der Waals surface area contributed by atoms with E-state index < -0.39 is 17.6 Å².